The number of phosphoric acid groups is 1. The zero-order valence-corrected chi connectivity index (χ0v) is 32.6. The van der Waals surface area contributed by atoms with Gasteiger partial charge in [-0.15, -0.1) is 0 Å². The molecule has 0 aliphatic carbocycles. The molecular formula is C36H80N2O8P-. The topological polar surface area (TPSA) is 167 Å². The molecule has 10 nitrogen and oxygen atoms in total. The van der Waals surface area contributed by atoms with Crippen LogP contribution in [-0.2, 0) is 4.57 Å². The summed E-state index contributed by atoms with van der Waals surface area (Å²) >= 11 is 0. The minimum absolute atomic E-state index is 0.192. The number of aliphatic hydroxyl groups is 4. The Labute approximate surface area is 291 Å². The Kier molecular flexibility index (Phi) is 37.4. The summed E-state index contributed by atoms with van der Waals surface area (Å²) in [5.41, 5.74) is 0. The molecule has 11 heteroatoms. The molecule has 4 N–H and O–H groups in total. The fraction of sp³-hybridized carbons (Fsp3) is 1.00. The van der Waals surface area contributed by atoms with Crippen molar-refractivity contribution < 1.29 is 48.6 Å². The van der Waals surface area contributed by atoms with E-state index < -0.39 is 7.82 Å². The highest BCUT2D eigenvalue weighted by Gasteiger charge is 2.20. The second kappa shape index (κ2) is 34.3. The highest BCUT2D eigenvalue weighted by molar-refractivity contribution is 7.40. The molecule has 0 rings (SSSR count). The molecule has 0 amide bonds. The third kappa shape index (κ3) is 50.4. The highest BCUT2D eigenvalue weighted by Crippen LogP contribution is 2.14. The molecule has 0 aliphatic heterocycles. The van der Waals surface area contributed by atoms with Gasteiger partial charge < -0.3 is 48.6 Å². The Balaban J connectivity index is -0.000000719. The number of unbranched alkanes of at least 4 members (excludes halogenated alkanes) is 18. The molecule has 288 valence electrons. The van der Waals surface area contributed by atoms with Crippen LogP contribution in [0.5, 0.6) is 0 Å². The van der Waals surface area contributed by atoms with Gasteiger partial charge in [-0.1, -0.05) is 142 Å². The van der Waals surface area contributed by atoms with Crippen LogP contribution < -0.4 is 14.7 Å². The van der Waals surface area contributed by atoms with E-state index in [1.54, 1.807) is 0 Å². The van der Waals surface area contributed by atoms with Crippen LogP contribution in [0.1, 0.15) is 155 Å². The first kappa shape index (κ1) is 51.2. The number of aliphatic hydroxyl groups excluding tert-OH is 4. The van der Waals surface area contributed by atoms with Gasteiger partial charge in [-0.3, -0.25) is 0 Å². The predicted octanol–water partition coefficient (Wildman–Crippen LogP) is 4.63. The van der Waals surface area contributed by atoms with Crippen LogP contribution in [0.2, 0.25) is 0 Å². The van der Waals surface area contributed by atoms with Crippen LogP contribution in [0.15, 0.2) is 0 Å². The van der Waals surface area contributed by atoms with Crippen LogP contribution >= 0.6 is 7.82 Å². The number of rotatable bonds is 30. The summed E-state index contributed by atoms with van der Waals surface area (Å²) in [6, 6.07) is 0. The van der Waals surface area contributed by atoms with Gasteiger partial charge in [0.25, 0.3) is 0 Å². The molecule has 0 aromatic carbocycles. The summed E-state index contributed by atoms with van der Waals surface area (Å²) < 4.78 is 9.96. The normalized spacial score (nSPS) is 13.4. The van der Waals surface area contributed by atoms with Gasteiger partial charge in [0.15, 0.2) is 0 Å². The van der Waals surface area contributed by atoms with Crippen molar-refractivity contribution in [3.63, 3.8) is 0 Å². The zero-order chi connectivity index (χ0) is 36.5. The van der Waals surface area contributed by atoms with Crippen LogP contribution in [0.25, 0.3) is 0 Å². The van der Waals surface area contributed by atoms with Gasteiger partial charge in [0.05, 0.1) is 41.4 Å². The maximum Gasteiger partial charge on any atom is 0.105 e. The first-order chi connectivity index (χ1) is 22.0. The van der Waals surface area contributed by atoms with Crippen LogP contribution in [0.4, 0.5) is 0 Å². The van der Waals surface area contributed by atoms with E-state index in [4.69, 9.17) is 29.5 Å². The molecule has 0 saturated heterocycles. The molecular weight excluding hydrogens is 619 g/mol. The van der Waals surface area contributed by atoms with Crippen LogP contribution in [0.3, 0.4) is 0 Å². The van der Waals surface area contributed by atoms with Gasteiger partial charge in [-0.2, -0.15) is 7.82 Å². The number of nitrogens with zero attached hydrogens (tertiary/aromatic N) is 2. The van der Waals surface area contributed by atoms with Gasteiger partial charge in [0.2, 0.25) is 0 Å². The minimum Gasteiger partial charge on any atom is -0.822 e. The molecule has 0 heterocycles. The molecule has 0 aromatic rings. The summed E-state index contributed by atoms with van der Waals surface area (Å²) in [7, 11) is 2.88. The Morgan fingerprint density at radius 1 is 0.489 bits per heavy atom. The van der Waals surface area contributed by atoms with E-state index in [0.29, 0.717) is 8.97 Å². The van der Waals surface area contributed by atoms with Crippen LogP contribution in [-0.4, -0.2) is 109 Å². The van der Waals surface area contributed by atoms with Crippen LogP contribution in [0, 0.1) is 0 Å². The fourth-order valence-corrected chi connectivity index (χ4v) is 5.78. The Bertz CT molecular complexity index is 625. The van der Waals surface area contributed by atoms with E-state index in [-0.39, 0.29) is 25.4 Å². The van der Waals surface area contributed by atoms with Gasteiger partial charge in [0.1, 0.15) is 38.4 Å². The third-order valence-electron chi connectivity index (χ3n) is 8.60. The smallest absolute Gasteiger partial charge is 0.105 e. The summed E-state index contributed by atoms with van der Waals surface area (Å²) in [5, 5.41) is 38.0. The van der Waals surface area contributed by atoms with Gasteiger partial charge >= 0.3 is 0 Å². The Morgan fingerprint density at radius 2 is 0.702 bits per heavy atom. The maximum absolute atomic E-state index is 10.0. The zero-order valence-electron chi connectivity index (χ0n) is 31.7. The van der Waals surface area contributed by atoms with Crippen molar-refractivity contribution in [3.8, 4) is 0 Å². The lowest BCUT2D eigenvalue weighted by molar-refractivity contribution is -0.893. The summed E-state index contributed by atoms with van der Waals surface area (Å²) in [4.78, 5) is 25.6. The monoisotopic (exact) mass is 700 g/mol. The number of likely N-dealkylation sites (N-methyl/N-ethyl adjacent to an activating group) is 2. The first-order valence-electron chi connectivity index (χ1n) is 19.0. The van der Waals surface area contributed by atoms with Gasteiger partial charge in [-0.05, 0) is 12.8 Å². The summed E-state index contributed by atoms with van der Waals surface area (Å²) in [6.45, 7) is 7.84. The van der Waals surface area contributed by atoms with Crippen molar-refractivity contribution in [1.29, 1.82) is 0 Å². The highest BCUT2D eigenvalue weighted by atomic mass is 31.2. The molecule has 0 radical (unpaired) electrons. The Hall–Kier alpha value is -0.130. The molecule has 2 atom stereocenters. The standard InChI is InChI=1S/2C18H40NO2.H3O4P/c2*1-4-5-6-7-8-9-10-11-12-13-14-18(21)17-19(2,3)15-16-20;1-5(2,3)4/h2*18,20-21H,4-17H2,1-3H3;(H3,1,2,3,4)/q2*+1;/p-3. The molecule has 0 fully saturated rings. The molecule has 0 saturated carbocycles. The number of hydrogen-bond donors (Lipinski definition) is 4. The van der Waals surface area contributed by atoms with E-state index >= 15 is 0 Å². The molecule has 2 unspecified atom stereocenters. The average Bonchev–Trinajstić information content (AvgIpc) is 2.94. The second-order valence-electron chi connectivity index (χ2n) is 14.8. The lowest BCUT2D eigenvalue weighted by Crippen LogP contribution is -2.47. The number of hydrogen-bond acceptors (Lipinski definition) is 8. The second-order valence-corrected chi connectivity index (χ2v) is 15.7. The summed E-state index contributed by atoms with van der Waals surface area (Å²) in [6.07, 6.45) is 28.1. The summed E-state index contributed by atoms with van der Waals surface area (Å²) in [5.74, 6) is 0. The van der Waals surface area contributed by atoms with Crippen molar-refractivity contribution in [2.24, 2.45) is 0 Å². The lowest BCUT2D eigenvalue weighted by Gasteiger charge is -2.36. The SMILES string of the molecule is CCCCCCCCCCCCC(O)C[N+](C)(C)CCO.CCCCCCCCCCCCC(O)C[N+](C)(C)CCO.O=P([O-])([O-])[O-]. The lowest BCUT2D eigenvalue weighted by atomic mass is 10.0. The Morgan fingerprint density at radius 3 is 0.915 bits per heavy atom. The molecule has 0 aliphatic rings. The quantitative estimate of drug-likeness (QED) is 0.0479. The van der Waals surface area contributed by atoms with E-state index in [2.05, 4.69) is 42.0 Å². The van der Waals surface area contributed by atoms with Crippen molar-refractivity contribution in [1.82, 2.24) is 0 Å². The van der Waals surface area contributed by atoms with Crippen molar-refractivity contribution in [2.75, 3.05) is 67.6 Å². The maximum atomic E-state index is 10.0. The first-order valence-corrected chi connectivity index (χ1v) is 20.4. The van der Waals surface area contributed by atoms with Crippen molar-refractivity contribution in [2.45, 2.75) is 167 Å². The van der Waals surface area contributed by atoms with E-state index in [9.17, 15) is 10.2 Å². The largest absolute Gasteiger partial charge is 0.822 e. The fourth-order valence-electron chi connectivity index (χ4n) is 5.78. The van der Waals surface area contributed by atoms with E-state index in [0.717, 1.165) is 51.9 Å². The molecule has 47 heavy (non-hydrogen) atoms. The predicted molar refractivity (Wildman–Crippen MR) is 190 cm³/mol. The van der Waals surface area contributed by atoms with E-state index in [1.165, 1.54) is 116 Å². The molecule has 0 bridgehead atoms. The van der Waals surface area contributed by atoms with E-state index in [1.807, 2.05) is 0 Å². The van der Waals surface area contributed by atoms with Gasteiger partial charge in [0, 0.05) is 0 Å². The third-order valence-corrected chi connectivity index (χ3v) is 8.60. The minimum atomic E-state index is -5.39. The number of quaternary nitrogens is 2. The van der Waals surface area contributed by atoms with Crippen molar-refractivity contribution in [3.05, 3.63) is 0 Å². The van der Waals surface area contributed by atoms with Crippen molar-refractivity contribution >= 4 is 7.82 Å². The molecule has 0 aromatic heterocycles. The molecule has 0 spiro atoms. The van der Waals surface area contributed by atoms with Gasteiger partial charge in [-0.25, -0.2) is 0 Å². The average molecular weight is 700 g/mol.